The Morgan fingerprint density at radius 1 is 1.19 bits per heavy atom. The van der Waals surface area contributed by atoms with Crippen molar-refractivity contribution in [2.24, 2.45) is 0 Å². The number of pyridine rings is 1. The van der Waals surface area contributed by atoms with Crippen LogP contribution >= 0.6 is 12.2 Å². The molecular weight excluding hydrogens is 288 g/mol. The molecule has 21 heavy (non-hydrogen) atoms. The van der Waals surface area contributed by atoms with Gasteiger partial charge >= 0.3 is 0 Å². The summed E-state index contributed by atoms with van der Waals surface area (Å²) in [5, 5.41) is 5.42. The Morgan fingerprint density at radius 2 is 2.05 bits per heavy atom. The zero-order valence-corrected chi connectivity index (χ0v) is 12.0. The zero-order chi connectivity index (χ0) is 14.8. The van der Waals surface area contributed by atoms with E-state index in [2.05, 4.69) is 20.2 Å². The molecule has 0 fully saturated rings. The van der Waals surface area contributed by atoms with Crippen molar-refractivity contribution in [3.63, 3.8) is 0 Å². The molecule has 3 rings (SSSR count). The number of aromatic amines is 3. The lowest BCUT2D eigenvalue weighted by atomic mass is 10.1. The van der Waals surface area contributed by atoms with Crippen LogP contribution in [-0.4, -0.2) is 27.3 Å². The van der Waals surface area contributed by atoms with E-state index in [4.69, 9.17) is 17.0 Å². The molecule has 3 N–H and O–H groups in total. The maximum Gasteiger partial charge on any atom is 0.259 e. The Kier molecular flexibility index (Phi) is 3.41. The largest absolute Gasteiger partial charge is 0.497 e. The van der Waals surface area contributed by atoms with Crippen LogP contribution in [0.15, 0.2) is 41.2 Å². The van der Waals surface area contributed by atoms with Crippen LogP contribution in [0.2, 0.25) is 0 Å². The predicted molar refractivity (Wildman–Crippen MR) is 81.8 cm³/mol. The van der Waals surface area contributed by atoms with Gasteiger partial charge in [0, 0.05) is 11.3 Å². The van der Waals surface area contributed by atoms with Gasteiger partial charge in [-0.3, -0.25) is 15.0 Å². The molecule has 0 saturated carbocycles. The number of aromatic nitrogens is 4. The highest BCUT2D eigenvalue weighted by molar-refractivity contribution is 7.71. The number of H-pyrrole nitrogens is 3. The van der Waals surface area contributed by atoms with Gasteiger partial charge in [-0.1, -0.05) is 12.1 Å². The monoisotopic (exact) mass is 300 g/mol. The van der Waals surface area contributed by atoms with E-state index < -0.39 is 0 Å². The number of hydrogen-bond acceptors (Lipinski definition) is 4. The minimum absolute atomic E-state index is 0.243. The van der Waals surface area contributed by atoms with E-state index in [-0.39, 0.29) is 5.56 Å². The first-order valence-corrected chi connectivity index (χ1v) is 6.61. The van der Waals surface area contributed by atoms with E-state index in [9.17, 15) is 4.79 Å². The van der Waals surface area contributed by atoms with Gasteiger partial charge in [0.15, 0.2) is 5.82 Å². The van der Waals surface area contributed by atoms with Crippen molar-refractivity contribution in [1.82, 2.24) is 20.2 Å². The lowest BCUT2D eigenvalue weighted by molar-refractivity contribution is 0.415. The molecular formula is C14H12N4O2S. The molecule has 0 radical (unpaired) electrons. The van der Waals surface area contributed by atoms with Crippen molar-refractivity contribution in [3.05, 3.63) is 51.5 Å². The molecule has 1 aromatic carbocycles. The summed E-state index contributed by atoms with van der Waals surface area (Å²) in [5.74, 6) is 1.15. The Morgan fingerprint density at radius 3 is 2.71 bits per heavy atom. The van der Waals surface area contributed by atoms with Gasteiger partial charge in [-0.15, -0.1) is 0 Å². The first-order valence-electron chi connectivity index (χ1n) is 6.20. The van der Waals surface area contributed by atoms with E-state index in [0.717, 1.165) is 11.3 Å². The van der Waals surface area contributed by atoms with Gasteiger partial charge in [-0.2, -0.15) is 4.98 Å². The Hall–Kier alpha value is -2.67. The van der Waals surface area contributed by atoms with Gasteiger partial charge in [-0.05, 0) is 36.5 Å². The molecule has 0 bridgehead atoms. The summed E-state index contributed by atoms with van der Waals surface area (Å²) < 4.78 is 5.49. The maximum atomic E-state index is 12.2. The highest BCUT2D eigenvalue weighted by atomic mass is 32.1. The Balaban J connectivity index is 2.05. The van der Waals surface area contributed by atoms with E-state index >= 15 is 0 Å². The summed E-state index contributed by atoms with van der Waals surface area (Å²) in [4.78, 5) is 19.1. The van der Waals surface area contributed by atoms with Crippen LogP contribution in [0.25, 0.3) is 22.6 Å². The third-order valence-electron chi connectivity index (χ3n) is 3.05. The second kappa shape index (κ2) is 5.37. The van der Waals surface area contributed by atoms with Crippen LogP contribution < -0.4 is 10.3 Å². The van der Waals surface area contributed by atoms with Gasteiger partial charge in [0.2, 0.25) is 4.77 Å². The number of methoxy groups -OCH3 is 1. The van der Waals surface area contributed by atoms with Crippen LogP contribution in [0, 0.1) is 4.77 Å². The second-order valence-corrected chi connectivity index (χ2v) is 4.75. The van der Waals surface area contributed by atoms with Crippen molar-refractivity contribution in [1.29, 1.82) is 0 Å². The summed E-state index contributed by atoms with van der Waals surface area (Å²) in [6, 6.07) is 11.0. The van der Waals surface area contributed by atoms with Crippen LogP contribution in [0.1, 0.15) is 0 Å². The molecule has 3 aromatic rings. The van der Waals surface area contributed by atoms with E-state index in [1.807, 2.05) is 30.3 Å². The lowest BCUT2D eigenvalue weighted by Crippen LogP contribution is -2.10. The van der Waals surface area contributed by atoms with E-state index in [1.165, 1.54) is 0 Å². The lowest BCUT2D eigenvalue weighted by Gasteiger charge is -2.05. The first-order chi connectivity index (χ1) is 10.2. The molecule has 6 nitrogen and oxygen atoms in total. The minimum Gasteiger partial charge on any atom is -0.497 e. The van der Waals surface area contributed by atoms with Crippen molar-refractivity contribution >= 4 is 12.2 Å². The highest BCUT2D eigenvalue weighted by Crippen LogP contribution is 2.22. The maximum absolute atomic E-state index is 12.2. The van der Waals surface area contributed by atoms with Crippen LogP contribution in [0.5, 0.6) is 5.75 Å². The van der Waals surface area contributed by atoms with Gasteiger partial charge in [0.25, 0.3) is 5.56 Å². The molecule has 106 valence electrons. The normalized spacial score (nSPS) is 10.5. The van der Waals surface area contributed by atoms with Gasteiger partial charge in [0.05, 0.1) is 12.7 Å². The number of rotatable bonds is 3. The highest BCUT2D eigenvalue weighted by Gasteiger charge is 2.08. The molecule has 0 aliphatic rings. The molecule has 0 amide bonds. The van der Waals surface area contributed by atoms with Crippen molar-refractivity contribution in [2.75, 3.05) is 7.11 Å². The number of nitrogens with one attached hydrogen (secondary N) is 3. The van der Waals surface area contributed by atoms with Crippen LogP contribution in [0.3, 0.4) is 0 Å². The zero-order valence-electron chi connectivity index (χ0n) is 11.1. The van der Waals surface area contributed by atoms with Crippen molar-refractivity contribution in [2.45, 2.75) is 0 Å². The number of benzene rings is 1. The summed E-state index contributed by atoms with van der Waals surface area (Å²) >= 11 is 4.88. The topological polar surface area (TPSA) is 86.6 Å². The summed E-state index contributed by atoms with van der Waals surface area (Å²) in [6.45, 7) is 0. The van der Waals surface area contributed by atoms with Gasteiger partial charge in [-0.25, -0.2) is 0 Å². The quantitative estimate of drug-likeness (QED) is 0.649. The molecule has 0 aliphatic heterocycles. The molecule has 7 heteroatoms. The third kappa shape index (κ3) is 2.63. The van der Waals surface area contributed by atoms with Crippen LogP contribution in [0.4, 0.5) is 0 Å². The number of nitrogens with zero attached hydrogens (tertiary/aromatic N) is 1. The SMILES string of the molecule is COc1cccc(-c2ccc(-c3nc(=S)[nH][nH]3)c(=O)[nH]2)c1. The third-order valence-corrected chi connectivity index (χ3v) is 3.24. The molecule has 0 aliphatic carbocycles. The van der Waals surface area contributed by atoms with Crippen molar-refractivity contribution < 1.29 is 4.74 Å². The van der Waals surface area contributed by atoms with Gasteiger partial charge in [0.1, 0.15) is 5.75 Å². The Labute approximate surface area is 124 Å². The summed E-state index contributed by atoms with van der Waals surface area (Å²) in [5.41, 5.74) is 1.76. The average molecular weight is 300 g/mol. The van der Waals surface area contributed by atoms with Crippen LogP contribution in [-0.2, 0) is 0 Å². The Bertz CT molecular complexity index is 894. The van der Waals surface area contributed by atoms with E-state index in [0.29, 0.717) is 21.9 Å². The van der Waals surface area contributed by atoms with Gasteiger partial charge < -0.3 is 9.72 Å². The first kappa shape index (κ1) is 13.3. The number of ether oxygens (including phenoxy) is 1. The molecule has 0 spiro atoms. The minimum atomic E-state index is -0.243. The molecule has 0 saturated heterocycles. The summed E-state index contributed by atoms with van der Waals surface area (Å²) in [6.07, 6.45) is 0. The predicted octanol–water partition coefficient (Wildman–Crippen LogP) is 2.50. The molecule has 0 atom stereocenters. The fourth-order valence-electron chi connectivity index (χ4n) is 2.02. The van der Waals surface area contributed by atoms with E-state index in [1.54, 1.807) is 13.2 Å². The smallest absolute Gasteiger partial charge is 0.259 e. The average Bonchev–Trinajstić information content (AvgIpc) is 2.93. The summed E-state index contributed by atoms with van der Waals surface area (Å²) in [7, 11) is 1.60. The number of hydrogen-bond donors (Lipinski definition) is 3. The molecule has 2 aromatic heterocycles. The van der Waals surface area contributed by atoms with Crippen molar-refractivity contribution in [3.8, 4) is 28.4 Å². The molecule has 2 heterocycles. The molecule has 0 unspecified atom stereocenters. The second-order valence-electron chi connectivity index (χ2n) is 4.36. The fraction of sp³-hybridized carbons (Fsp3) is 0.0714. The fourth-order valence-corrected chi connectivity index (χ4v) is 2.16. The standard InChI is InChI=1S/C14H12N4O2S/c1-20-9-4-2-3-8(7-9)11-6-5-10(13(19)15-11)12-16-14(21)18-17-12/h2-7H,1H3,(H,15,19)(H2,16,17,18,21).